The Morgan fingerprint density at radius 2 is 2.24 bits per heavy atom. The van der Waals surface area contributed by atoms with Crippen LogP contribution in [0.3, 0.4) is 0 Å². The van der Waals surface area contributed by atoms with Gasteiger partial charge in [0.2, 0.25) is 5.75 Å². The van der Waals surface area contributed by atoms with Gasteiger partial charge in [-0.15, -0.1) is 11.3 Å². The summed E-state index contributed by atoms with van der Waals surface area (Å²) in [5.41, 5.74) is 0.168. The number of aliphatic hydroxyl groups excluding tert-OH is 1. The van der Waals surface area contributed by atoms with Gasteiger partial charge in [-0.3, -0.25) is 10.1 Å². The normalized spacial score (nSPS) is 12.2. The average molecular weight is 393 g/mol. The summed E-state index contributed by atoms with van der Waals surface area (Å²) in [5, 5.41) is 21.0. The van der Waals surface area contributed by atoms with Crippen molar-refractivity contribution in [3.05, 3.63) is 53.6 Å². The molecule has 0 saturated heterocycles. The summed E-state index contributed by atoms with van der Waals surface area (Å²) in [6, 6.07) is 6.48. The molecule has 2 aromatic rings. The van der Waals surface area contributed by atoms with Crippen LogP contribution in [0.25, 0.3) is 0 Å². The molecule has 0 radical (unpaired) electrons. The number of nitrogens with zero attached hydrogens (tertiary/aromatic N) is 1. The maximum atomic E-state index is 11.2. The largest absolute Gasteiger partial charge is 0.481 e. The van der Waals surface area contributed by atoms with Gasteiger partial charge >= 0.3 is 5.69 Å². The zero-order valence-corrected chi connectivity index (χ0v) is 14.0. The Morgan fingerprint density at radius 3 is 2.76 bits per heavy atom. The van der Waals surface area contributed by atoms with Gasteiger partial charge in [0.15, 0.2) is 0 Å². The Balaban J connectivity index is 2.37. The number of nitro benzene ring substituents is 1. The van der Waals surface area contributed by atoms with Crippen LogP contribution in [0.1, 0.15) is 23.5 Å². The number of hydrogen-bond acceptors (Lipinski definition) is 5. The van der Waals surface area contributed by atoms with E-state index in [1.807, 2.05) is 0 Å². The van der Waals surface area contributed by atoms with E-state index in [4.69, 9.17) is 16.3 Å². The van der Waals surface area contributed by atoms with E-state index in [1.165, 1.54) is 24.3 Å². The number of rotatable bonds is 5. The second-order valence-electron chi connectivity index (χ2n) is 4.27. The van der Waals surface area contributed by atoms with Gasteiger partial charge in [0.05, 0.1) is 15.4 Å². The second-order valence-corrected chi connectivity index (χ2v) is 6.99. The van der Waals surface area contributed by atoms with Crippen molar-refractivity contribution in [1.29, 1.82) is 0 Å². The van der Waals surface area contributed by atoms with E-state index >= 15 is 0 Å². The minimum Gasteiger partial charge on any atom is -0.481 e. The van der Waals surface area contributed by atoms with Crippen molar-refractivity contribution in [3.63, 3.8) is 0 Å². The van der Waals surface area contributed by atoms with Crippen molar-refractivity contribution in [2.75, 3.05) is 0 Å². The molecule has 8 heteroatoms. The zero-order chi connectivity index (χ0) is 15.6. The van der Waals surface area contributed by atoms with Crippen molar-refractivity contribution < 1.29 is 14.8 Å². The first-order valence-corrected chi connectivity index (χ1v) is 7.90. The first-order valence-electron chi connectivity index (χ1n) is 5.91. The highest BCUT2D eigenvalue weighted by molar-refractivity contribution is 9.10. The van der Waals surface area contributed by atoms with Gasteiger partial charge in [-0.25, -0.2) is 0 Å². The van der Waals surface area contributed by atoms with Crippen LogP contribution in [0.4, 0.5) is 5.69 Å². The maximum absolute atomic E-state index is 11.2. The van der Waals surface area contributed by atoms with Crippen molar-refractivity contribution in [2.45, 2.75) is 19.6 Å². The fourth-order valence-corrected chi connectivity index (χ4v) is 3.24. The summed E-state index contributed by atoms with van der Waals surface area (Å²) in [7, 11) is 0. The molecular weight excluding hydrogens is 382 g/mol. The SMILES string of the molecule is CC(O)c1cc(Br)cc([N+](=O)[O-])c1OCc1ccc(Cl)s1. The molecule has 5 nitrogen and oxygen atoms in total. The van der Waals surface area contributed by atoms with Gasteiger partial charge < -0.3 is 9.84 Å². The minimum absolute atomic E-state index is 0.0720. The van der Waals surface area contributed by atoms with E-state index in [2.05, 4.69) is 15.9 Å². The zero-order valence-electron chi connectivity index (χ0n) is 10.9. The molecule has 1 heterocycles. The third-order valence-corrected chi connectivity index (χ3v) is 4.36. The third-order valence-electron chi connectivity index (χ3n) is 2.70. The van der Waals surface area contributed by atoms with Gasteiger partial charge in [-0.2, -0.15) is 0 Å². The highest BCUT2D eigenvalue weighted by Crippen LogP contribution is 2.38. The van der Waals surface area contributed by atoms with Gasteiger partial charge in [-0.1, -0.05) is 27.5 Å². The fraction of sp³-hybridized carbons (Fsp3) is 0.231. The van der Waals surface area contributed by atoms with Gasteiger partial charge in [-0.05, 0) is 25.1 Å². The van der Waals surface area contributed by atoms with Crippen LogP contribution in [-0.2, 0) is 6.61 Å². The van der Waals surface area contributed by atoms with Crippen LogP contribution in [0.15, 0.2) is 28.7 Å². The van der Waals surface area contributed by atoms with Crippen LogP contribution in [0.2, 0.25) is 4.34 Å². The smallest absolute Gasteiger partial charge is 0.312 e. The number of nitro groups is 1. The van der Waals surface area contributed by atoms with Crippen LogP contribution in [0.5, 0.6) is 5.75 Å². The first-order chi connectivity index (χ1) is 9.88. The summed E-state index contributed by atoms with van der Waals surface area (Å²) in [4.78, 5) is 11.5. The fourth-order valence-electron chi connectivity index (χ4n) is 1.78. The lowest BCUT2D eigenvalue weighted by Gasteiger charge is -2.13. The molecule has 112 valence electrons. The van der Waals surface area contributed by atoms with E-state index in [1.54, 1.807) is 18.2 Å². The van der Waals surface area contributed by atoms with Crippen molar-refractivity contribution in [2.24, 2.45) is 0 Å². The Bertz CT molecular complexity index is 674. The number of hydrogen-bond donors (Lipinski definition) is 1. The van der Waals surface area contributed by atoms with Crippen LogP contribution in [-0.4, -0.2) is 10.0 Å². The molecule has 21 heavy (non-hydrogen) atoms. The Morgan fingerprint density at radius 1 is 1.52 bits per heavy atom. The van der Waals surface area contributed by atoms with E-state index in [0.717, 1.165) is 4.88 Å². The molecule has 0 spiro atoms. The van der Waals surface area contributed by atoms with E-state index in [-0.39, 0.29) is 18.0 Å². The maximum Gasteiger partial charge on any atom is 0.312 e. The predicted octanol–water partition coefficient (Wildman–Crippen LogP) is 4.70. The molecule has 1 unspecified atom stereocenters. The number of halogens is 2. The lowest BCUT2D eigenvalue weighted by molar-refractivity contribution is -0.386. The van der Waals surface area contributed by atoms with Gasteiger partial charge in [0.1, 0.15) is 6.61 Å². The highest BCUT2D eigenvalue weighted by Gasteiger charge is 2.23. The molecule has 0 aliphatic carbocycles. The quantitative estimate of drug-likeness (QED) is 0.591. The lowest BCUT2D eigenvalue weighted by atomic mass is 10.1. The van der Waals surface area contributed by atoms with E-state index in [9.17, 15) is 15.2 Å². The van der Waals surface area contributed by atoms with Gasteiger partial charge in [0, 0.05) is 21.0 Å². The monoisotopic (exact) mass is 391 g/mol. The van der Waals surface area contributed by atoms with Crippen LogP contribution < -0.4 is 4.74 Å². The molecular formula is C13H11BrClNO4S. The minimum atomic E-state index is -0.886. The molecule has 1 aromatic carbocycles. The number of thiophene rings is 1. The third kappa shape index (κ3) is 3.94. The Kier molecular flexibility index (Phi) is 5.21. The molecule has 0 aliphatic heterocycles. The number of aliphatic hydroxyl groups is 1. The summed E-state index contributed by atoms with van der Waals surface area (Å²) in [6.07, 6.45) is -0.886. The second kappa shape index (κ2) is 6.74. The summed E-state index contributed by atoms with van der Waals surface area (Å²) < 4.78 is 6.71. The van der Waals surface area contributed by atoms with E-state index in [0.29, 0.717) is 14.4 Å². The molecule has 2 rings (SSSR count). The van der Waals surface area contributed by atoms with E-state index < -0.39 is 11.0 Å². The molecule has 0 bridgehead atoms. The highest BCUT2D eigenvalue weighted by atomic mass is 79.9. The molecule has 0 aliphatic rings. The molecule has 1 aromatic heterocycles. The number of benzene rings is 1. The summed E-state index contributed by atoms with van der Waals surface area (Å²) in [5.74, 6) is 0.0720. The molecule has 0 fully saturated rings. The average Bonchev–Trinajstić information content (AvgIpc) is 2.81. The van der Waals surface area contributed by atoms with Crippen LogP contribution >= 0.6 is 38.9 Å². The van der Waals surface area contributed by atoms with Crippen molar-refractivity contribution in [1.82, 2.24) is 0 Å². The molecule has 0 amide bonds. The topological polar surface area (TPSA) is 72.6 Å². The first kappa shape index (κ1) is 16.2. The molecule has 0 saturated carbocycles. The molecule has 1 atom stereocenters. The number of ether oxygens (including phenoxy) is 1. The lowest BCUT2D eigenvalue weighted by Crippen LogP contribution is -2.04. The van der Waals surface area contributed by atoms with Gasteiger partial charge in [0.25, 0.3) is 0 Å². The predicted molar refractivity (Wildman–Crippen MR) is 85.1 cm³/mol. The standard InChI is InChI=1S/C13H11BrClNO4S/c1-7(17)10-4-8(14)5-11(16(18)19)13(10)20-6-9-2-3-12(15)21-9/h2-5,7,17H,6H2,1H3. The Hall–Kier alpha value is -1.15. The summed E-state index contributed by atoms with van der Waals surface area (Å²) in [6.45, 7) is 1.68. The van der Waals surface area contributed by atoms with Crippen molar-refractivity contribution in [3.8, 4) is 5.75 Å². The Labute approximate surface area is 138 Å². The summed E-state index contributed by atoms with van der Waals surface area (Å²) >= 11 is 10.4. The molecule has 1 N–H and O–H groups in total. The van der Waals surface area contributed by atoms with Crippen LogP contribution in [0, 0.1) is 10.1 Å². The van der Waals surface area contributed by atoms with Crippen molar-refractivity contribution >= 4 is 44.6 Å².